The highest BCUT2D eigenvalue weighted by atomic mass is 35.5. The van der Waals surface area contributed by atoms with E-state index in [9.17, 15) is 4.79 Å². The van der Waals surface area contributed by atoms with Gasteiger partial charge in [0, 0.05) is 40.8 Å². The van der Waals surface area contributed by atoms with Crippen molar-refractivity contribution in [2.45, 2.75) is 19.4 Å². The lowest BCUT2D eigenvalue weighted by Crippen LogP contribution is -2.31. The van der Waals surface area contributed by atoms with Gasteiger partial charge in [-0.15, -0.1) is 5.10 Å². The minimum Gasteiger partial charge on any atom is -0.490 e. The van der Waals surface area contributed by atoms with E-state index in [2.05, 4.69) is 15.6 Å². The van der Waals surface area contributed by atoms with Crippen LogP contribution in [0, 0.1) is 0 Å². The highest BCUT2D eigenvalue weighted by Gasteiger charge is 2.35. The van der Waals surface area contributed by atoms with Crippen LogP contribution in [0.5, 0.6) is 11.5 Å². The van der Waals surface area contributed by atoms with E-state index >= 15 is 0 Å². The van der Waals surface area contributed by atoms with Crippen molar-refractivity contribution < 1.29 is 14.3 Å². The lowest BCUT2D eigenvalue weighted by molar-refractivity contribution is -0.113. The predicted molar refractivity (Wildman–Crippen MR) is 140 cm³/mol. The van der Waals surface area contributed by atoms with Crippen molar-refractivity contribution in [1.29, 1.82) is 0 Å². The van der Waals surface area contributed by atoms with E-state index in [0.717, 1.165) is 17.5 Å². The highest BCUT2D eigenvalue weighted by molar-refractivity contribution is 6.31. The molecule has 4 heterocycles. The van der Waals surface area contributed by atoms with Crippen molar-refractivity contribution in [1.82, 2.24) is 19.7 Å². The van der Waals surface area contributed by atoms with E-state index in [-0.39, 0.29) is 5.91 Å². The Hall–Kier alpha value is -4.37. The Kier molecular flexibility index (Phi) is 5.97. The van der Waals surface area contributed by atoms with Crippen LogP contribution in [0.3, 0.4) is 0 Å². The molecule has 0 saturated carbocycles. The van der Waals surface area contributed by atoms with E-state index in [4.69, 9.17) is 31.2 Å². The number of ether oxygens (including phenoxy) is 2. The molecular formula is C27H23ClN6O3. The SMILES string of the molecule is CC1=C(C(=O)Nc2cccc(Cl)c2)C(c2ccc3c(c2)OCCCO3)n2nc(-c3cccnc3)nc2N1. The molecule has 1 amide bonds. The maximum Gasteiger partial charge on any atom is 0.255 e. The van der Waals surface area contributed by atoms with E-state index in [0.29, 0.717) is 58.5 Å². The van der Waals surface area contributed by atoms with Crippen LogP contribution < -0.4 is 20.1 Å². The number of fused-ring (bicyclic) bond motifs is 2. The van der Waals surface area contributed by atoms with Crippen LogP contribution in [0.15, 0.2) is 78.3 Å². The fourth-order valence-electron chi connectivity index (χ4n) is 4.49. The summed E-state index contributed by atoms with van der Waals surface area (Å²) in [6, 6.07) is 15.9. The average Bonchev–Trinajstić information content (AvgIpc) is 3.17. The molecule has 2 aliphatic rings. The summed E-state index contributed by atoms with van der Waals surface area (Å²) in [5, 5.41) is 11.6. The number of rotatable bonds is 4. The van der Waals surface area contributed by atoms with Gasteiger partial charge in [-0.2, -0.15) is 4.98 Å². The van der Waals surface area contributed by atoms with Crippen LogP contribution in [0.2, 0.25) is 5.02 Å². The number of benzene rings is 2. The Morgan fingerprint density at radius 1 is 1.11 bits per heavy atom. The monoisotopic (exact) mass is 514 g/mol. The molecule has 0 spiro atoms. The van der Waals surface area contributed by atoms with Gasteiger partial charge in [0.1, 0.15) is 6.04 Å². The van der Waals surface area contributed by atoms with Crippen molar-refractivity contribution in [2.24, 2.45) is 0 Å². The molecule has 6 rings (SSSR count). The molecule has 2 aromatic carbocycles. The van der Waals surface area contributed by atoms with Gasteiger partial charge < -0.3 is 20.1 Å². The van der Waals surface area contributed by atoms with Gasteiger partial charge in [-0.1, -0.05) is 23.7 Å². The molecule has 2 aromatic heterocycles. The third kappa shape index (κ3) is 4.49. The molecule has 0 bridgehead atoms. The second kappa shape index (κ2) is 9.59. The van der Waals surface area contributed by atoms with Crippen molar-refractivity contribution in [3.8, 4) is 22.9 Å². The van der Waals surface area contributed by atoms with Crippen LogP contribution in [0.1, 0.15) is 24.9 Å². The van der Waals surface area contributed by atoms with E-state index in [1.807, 2.05) is 37.3 Å². The van der Waals surface area contributed by atoms with Crippen LogP contribution in [-0.2, 0) is 4.79 Å². The molecule has 2 N–H and O–H groups in total. The molecule has 10 heteroatoms. The fourth-order valence-corrected chi connectivity index (χ4v) is 4.68. The number of hydrogen-bond acceptors (Lipinski definition) is 7. The minimum atomic E-state index is -0.578. The third-order valence-corrected chi connectivity index (χ3v) is 6.42. The predicted octanol–water partition coefficient (Wildman–Crippen LogP) is 5.08. The molecule has 186 valence electrons. The van der Waals surface area contributed by atoms with Crippen LogP contribution in [0.25, 0.3) is 11.4 Å². The zero-order valence-electron chi connectivity index (χ0n) is 19.9. The lowest BCUT2D eigenvalue weighted by Gasteiger charge is -2.29. The Morgan fingerprint density at radius 2 is 1.97 bits per heavy atom. The summed E-state index contributed by atoms with van der Waals surface area (Å²) in [6.45, 7) is 3.00. The van der Waals surface area contributed by atoms with E-state index in [1.54, 1.807) is 41.3 Å². The third-order valence-electron chi connectivity index (χ3n) is 6.19. The zero-order valence-corrected chi connectivity index (χ0v) is 20.7. The Balaban J connectivity index is 1.46. The summed E-state index contributed by atoms with van der Waals surface area (Å²) in [4.78, 5) is 22.6. The zero-order chi connectivity index (χ0) is 25.4. The number of halogens is 1. The smallest absolute Gasteiger partial charge is 0.255 e. The van der Waals surface area contributed by atoms with Gasteiger partial charge in [-0.3, -0.25) is 9.78 Å². The standard InChI is InChI=1S/C27H23ClN6O3/c1-16-23(26(35)31-20-7-2-6-19(28)14-20)24(17-8-9-21-22(13-17)37-12-4-11-36-21)34-27(30-16)32-25(33-34)18-5-3-10-29-15-18/h2-3,5-10,13-15,24H,4,11-12H2,1H3,(H,31,35)(H,30,32,33). The van der Waals surface area contributed by atoms with E-state index in [1.165, 1.54) is 0 Å². The van der Waals surface area contributed by atoms with Crippen LogP contribution >= 0.6 is 11.6 Å². The molecule has 37 heavy (non-hydrogen) atoms. The first-order chi connectivity index (χ1) is 18.1. The molecule has 0 saturated heterocycles. The number of carbonyl (C=O) groups is 1. The molecule has 1 unspecified atom stereocenters. The number of amides is 1. The molecule has 4 aromatic rings. The van der Waals surface area contributed by atoms with Gasteiger partial charge >= 0.3 is 0 Å². The van der Waals surface area contributed by atoms with Crippen molar-refractivity contribution >= 4 is 29.1 Å². The number of aromatic nitrogens is 4. The van der Waals surface area contributed by atoms with Gasteiger partial charge in [0.25, 0.3) is 5.91 Å². The summed E-state index contributed by atoms with van der Waals surface area (Å²) < 4.78 is 13.5. The number of nitrogens with one attached hydrogen (secondary N) is 2. The molecule has 1 atom stereocenters. The van der Waals surface area contributed by atoms with Crippen molar-refractivity contribution in [3.05, 3.63) is 88.8 Å². The second-order valence-electron chi connectivity index (χ2n) is 8.73. The first-order valence-electron chi connectivity index (χ1n) is 11.9. The largest absolute Gasteiger partial charge is 0.490 e. The van der Waals surface area contributed by atoms with Gasteiger partial charge in [0.2, 0.25) is 5.95 Å². The Morgan fingerprint density at radius 3 is 2.78 bits per heavy atom. The van der Waals surface area contributed by atoms with Gasteiger partial charge in [0.15, 0.2) is 17.3 Å². The van der Waals surface area contributed by atoms with Crippen molar-refractivity contribution in [2.75, 3.05) is 23.8 Å². The van der Waals surface area contributed by atoms with Crippen LogP contribution in [-0.4, -0.2) is 38.9 Å². The molecule has 0 aliphatic carbocycles. The molecule has 0 radical (unpaired) electrons. The number of pyridine rings is 1. The van der Waals surface area contributed by atoms with Gasteiger partial charge in [-0.25, -0.2) is 4.68 Å². The summed E-state index contributed by atoms with van der Waals surface area (Å²) in [6.07, 6.45) is 4.20. The minimum absolute atomic E-state index is 0.284. The van der Waals surface area contributed by atoms with Crippen LogP contribution in [0.4, 0.5) is 11.6 Å². The number of allylic oxidation sites excluding steroid dienone is 1. The van der Waals surface area contributed by atoms with Gasteiger partial charge in [-0.05, 0) is 55.0 Å². The average molecular weight is 515 g/mol. The Labute approximate surface area is 218 Å². The summed E-state index contributed by atoms with van der Waals surface area (Å²) in [5.41, 5.74) is 3.32. The van der Waals surface area contributed by atoms with E-state index < -0.39 is 6.04 Å². The normalized spacial score (nSPS) is 16.4. The summed E-state index contributed by atoms with van der Waals surface area (Å²) in [7, 11) is 0. The molecule has 9 nitrogen and oxygen atoms in total. The maximum absolute atomic E-state index is 13.7. The first kappa shape index (κ1) is 23.1. The first-order valence-corrected chi connectivity index (χ1v) is 12.3. The topological polar surface area (TPSA) is 103 Å². The number of nitrogens with zero attached hydrogens (tertiary/aromatic N) is 4. The lowest BCUT2D eigenvalue weighted by atomic mass is 9.94. The summed E-state index contributed by atoms with van der Waals surface area (Å²) in [5.74, 6) is 2.05. The number of anilines is 2. The molecule has 0 fully saturated rings. The highest BCUT2D eigenvalue weighted by Crippen LogP contribution is 2.40. The molecular weight excluding hydrogens is 492 g/mol. The molecule has 2 aliphatic heterocycles. The summed E-state index contributed by atoms with van der Waals surface area (Å²) >= 11 is 6.15. The Bertz CT molecular complexity index is 1520. The number of hydrogen-bond donors (Lipinski definition) is 2. The van der Waals surface area contributed by atoms with Crippen molar-refractivity contribution in [3.63, 3.8) is 0 Å². The maximum atomic E-state index is 13.7. The second-order valence-corrected chi connectivity index (χ2v) is 9.17. The number of carbonyl (C=O) groups excluding carboxylic acids is 1. The fraction of sp³-hybridized carbons (Fsp3) is 0.185. The van der Waals surface area contributed by atoms with Gasteiger partial charge in [0.05, 0.1) is 18.8 Å². The quantitative estimate of drug-likeness (QED) is 0.391.